The van der Waals surface area contributed by atoms with Gasteiger partial charge in [-0.2, -0.15) is 0 Å². The van der Waals surface area contributed by atoms with Crippen molar-refractivity contribution >= 4 is 33.9 Å². The van der Waals surface area contributed by atoms with E-state index in [-0.39, 0.29) is 16.7 Å². The molecule has 2 atom stereocenters. The van der Waals surface area contributed by atoms with Gasteiger partial charge in [0.1, 0.15) is 5.52 Å². The Morgan fingerprint density at radius 1 is 0.923 bits per heavy atom. The number of halogens is 1. The number of nitrogens with zero attached hydrogens (tertiary/aromatic N) is 3. The second-order valence-corrected chi connectivity index (χ2v) is 12.7. The first kappa shape index (κ1) is 24.5. The van der Waals surface area contributed by atoms with E-state index in [1.807, 2.05) is 18.3 Å². The zero-order valence-corrected chi connectivity index (χ0v) is 24.2. The van der Waals surface area contributed by atoms with Crippen molar-refractivity contribution in [1.29, 1.82) is 0 Å². The fourth-order valence-corrected chi connectivity index (χ4v) is 7.81. The van der Waals surface area contributed by atoms with E-state index in [0.717, 1.165) is 28.6 Å². The van der Waals surface area contributed by atoms with Gasteiger partial charge in [0.2, 0.25) is 0 Å². The number of para-hydroxylation sites is 2. The van der Waals surface area contributed by atoms with Gasteiger partial charge in [-0.1, -0.05) is 67.9 Å². The SMILES string of the molecule is CN1/C(=C/C2CC3(Oc4c2cc(Cl)c2cccnc42)N(C)c2ccccc2C3(C)C)C(C)(C)c2ccccc21. The molecule has 0 bridgehead atoms. The number of ether oxygens (including phenoxy) is 1. The van der Waals surface area contributed by atoms with Crippen LogP contribution >= 0.6 is 11.6 Å². The van der Waals surface area contributed by atoms with Crippen LogP contribution < -0.4 is 14.5 Å². The normalized spacial score (nSPS) is 25.1. The maximum Gasteiger partial charge on any atom is 0.193 e. The van der Waals surface area contributed by atoms with E-state index < -0.39 is 5.72 Å². The molecule has 0 amide bonds. The zero-order valence-electron chi connectivity index (χ0n) is 23.4. The number of hydrogen-bond acceptors (Lipinski definition) is 4. The van der Waals surface area contributed by atoms with Crippen molar-refractivity contribution in [2.24, 2.45) is 0 Å². The fraction of sp³-hybridized carbons (Fsp3) is 0.324. The third-order valence-corrected chi connectivity index (χ3v) is 10.1. The molecular formula is C34H34ClN3O. The van der Waals surface area contributed by atoms with Gasteiger partial charge in [0.05, 0.1) is 10.4 Å². The standard InChI is InChI=1S/C34H34ClN3O/c1-32(2)24-13-7-9-15-27(24)37(5)29(32)18-21-20-34(33(3,4)25-14-8-10-16-28(25)38(34)6)39-31-23(21)19-26(35)22-12-11-17-36-30(22)31/h7-19,21H,20H2,1-6H3/b29-18+. The molecule has 3 aliphatic heterocycles. The summed E-state index contributed by atoms with van der Waals surface area (Å²) in [7, 11) is 4.36. The van der Waals surface area contributed by atoms with Crippen LogP contribution in [0.4, 0.5) is 11.4 Å². The molecule has 1 aromatic heterocycles. The van der Waals surface area contributed by atoms with E-state index in [4.69, 9.17) is 21.3 Å². The largest absolute Gasteiger partial charge is 0.464 e. The van der Waals surface area contributed by atoms with Crippen LogP contribution in [0.5, 0.6) is 5.75 Å². The van der Waals surface area contributed by atoms with Crippen molar-refractivity contribution in [1.82, 2.24) is 4.98 Å². The summed E-state index contributed by atoms with van der Waals surface area (Å²) in [6.45, 7) is 9.29. The highest BCUT2D eigenvalue weighted by atomic mass is 35.5. The summed E-state index contributed by atoms with van der Waals surface area (Å²) in [4.78, 5) is 9.53. The number of anilines is 2. The average molecular weight is 536 g/mol. The molecule has 0 saturated heterocycles. The van der Waals surface area contributed by atoms with E-state index >= 15 is 0 Å². The summed E-state index contributed by atoms with van der Waals surface area (Å²) in [5.41, 5.74) is 7.36. The minimum absolute atomic E-state index is 0.0692. The number of rotatable bonds is 1. The van der Waals surface area contributed by atoms with Gasteiger partial charge in [-0.15, -0.1) is 0 Å². The van der Waals surface area contributed by atoms with Gasteiger partial charge >= 0.3 is 0 Å². The topological polar surface area (TPSA) is 28.6 Å². The Morgan fingerprint density at radius 2 is 1.62 bits per heavy atom. The van der Waals surface area contributed by atoms with Crippen molar-refractivity contribution in [3.8, 4) is 5.75 Å². The van der Waals surface area contributed by atoms with Crippen molar-refractivity contribution < 1.29 is 4.74 Å². The maximum absolute atomic E-state index is 7.26. The molecule has 0 fully saturated rings. The predicted molar refractivity (Wildman–Crippen MR) is 161 cm³/mol. The molecule has 4 nitrogen and oxygen atoms in total. The molecule has 0 saturated carbocycles. The lowest BCUT2D eigenvalue weighted by molar-refractivity contribution is -0.00916. The molecule has 3 aromatic carbocycles. The van der Waals surface area contributed by atoms with Crippen LogP contribution in [0.2, 0.25) is 5.02 Å². The molecule has 0 aliphatic carbocycles. The van der Waals surface area contributed by atoms with E-state index in [9.17, 15) is 0 Å². The number of aromatic nitrogens is 1. The molecule has 0 radical (unpaired) electrons. The number of benzene rings is 3. The third-order valence-electron chi connectivity index (χ3n) is 9.75. The van der Waals surface area contributed by atoms with Gasteiger partial charge < -0.3 is 14.5 Å². The lowest BCUT2D eigenvalue weighted by atomic mass is 9.70. The Labute approximate surface area is 235 Å². The zero-order chi connectivity index (χ0) is 27.3. The molecular weight excluding hydrogens is 502 g/mol. The highest BCUT2D eigenvalue weighted by Gasteiger charge is 2.60. The highest BCUT2D eigenvalue weighted by Crippen LogP contribution is 2.60. The van der Waals surface area contributed by atoms with E-state index in [2.05, 4.69) is 112 Å². The molecule has 3 aliphatic rings. The van der Waals surface area contributed by atoms with Crippen LogP contribution in [-0.2, 0) is 10.8 Å². The van der Waals surface area contributed by atoms with Gasteiger partial charge in [0, 0.05) is 66.1 Å². The van der Waals surface area contributed by atoms with Gasteiger partial charge in [-0.05, 0) is 55.3 Å². The lowest BCUT2D eigenvalue weighted by Gasteiger charge is -2.50. The van der Waals surface area contributed by atoms with Crippen LogP contribution in [0.15, 0.2) is 84.7 Å². The third kappa shape index (κ3) is 3.10. The van der Waals surface area contributed by atoms with Gasteiger partial charge in [-0.3, -0.25) is 4.98 Å². The number of pyridine rings is 1. The first-order valence-electron chi connectivity index (χ1n) is 13.7. The minimum Gasteiger partial charge on any atom is -0.464 e. The van der Waals surface area contributed by atoms with E-state index in [0.29, 0.717) is 5.02 Å². The summed E-state index contributed by atoms with van der Waals surface area (Å²) in [6, 6.07) is 23.5. The van der Waals surface area contributed by atoms with Crippen LogP contribution in [-0.4, -0.2) is 24.8 Å². The molecule has 198 valence electrons. The maximum atomic E-state index is 7.26. The quantitative estimate of drug-likeness (QED) is 0.245. The highest BCUT2D eigenvalue weighted by molar-refractivity contribution is 6.35. The Morgan fingerprint density at radius 3 is 2.33 bits per heavy atom. The summed E-state index contributed by atoms with van der Waals surface area (Å²) >= 11 is 6.91. The van der Waals surface area contributed by atoms with E-state index in [1.54, 1.807) is 0 Å². The fourth-order valence-electron chi connectivity index (χ4n) is 7.54. The second kappa shape index (κ2) is 8.02. The molecule has 2 unspecified atom stereocenters. The van der Waals surface area contributed by atoms with Crippen LogP contribution in [0.25, 0.3) is 10.9 Å². The van der Waals surface area contributed by atoms with Crippen LogP contribution in [0.3, 0.4) is 0 Å². The number of fused-ring (bicyclic) bond motifs is 5. The molecule has 0 N–H and O–H groups in total. The first-order chi connectivity index (χ1) is 18.6. The molecule has 5 heteroatoms. The van der Waals surface area contributed by atoms with Gasteiger partial charge in [0.15, 0.2) is 11.5 Å². The van der Waals surface area contributed by atoms with Gasteiger partial charge in [0.25, 0.3) is 0 Å². The molecule has 1 spiro atoms. The van der Waals surface area contributed by atoms with E-state index in [1.165, 1.54) is 28.2 Å². The average Bonchev–Trinajstić information content (AvgIpc) is 3.22. The first-order valence-corrected chi connectivity index (χ1v) is 14.1. The smallest absolute Gasteiger partial charge is 0.193 e. The summed E-state index contributed by atoms with van der Waals surface area (Å²) < 4.78 is 7.26. The Balaban J connectivity index is 1.48. The van der Waals surface area contributed by atoms with Gasteiger partial charge in [-0.25, -0.2) is 0 Å². The summed E-state index contributed by atoms with van der Waals surface area (Å²) in [5.74, 6) is 0.909. The van der Waals surface area contributed by atoms with Crippen LogP contribution in [0, 0.1) is 0 Å². The van der Waals surface area contributed by atoms with Crippen LogP contribution in [0.1, 0.15) is 56.7 Å². The Bertz CT molecular complexity index is 1690. The monoisotopic (exact) mass is 535 g/mol. The van der Waals surface area contributed by atoms with Crippen molar-refractivity contribution in [3.63, 3.8) is 0 Å². The second-order valence-electron chi connectivity index (χ2n) is 12.3. The summed E-state index contributed by atoms with van der Waals surface area (Å²) in [6.07, 6.45) is 5.09. The molecule has 7 rings (SSSR count). The molecule has 4 aromatic rings. The molecule has 39 heavy (non-hydrogen) atoms. The molecule has 4 heterocycles. The van der Waals surface area contributed by atoms with Crippen molar-refractivity contribution in [3.05, 3.63) is 106 Å². The number of hydrogen-bond donors (Lipinski definition) is 0. The van der Waals surface area contributed by atoms with Crippen molar-refractivity contribution in [2.45, 2.75) is 56.6 Å². The Kier molecular flexibility index (Phi) is 5.04. The predicted octanol–water partition coefficient (Wildman–Crippen LogP) is 8.19. The lowest BCUT2D eigenvalue weighted by Crippen LogP contribution is -2.61. The Hall–Kier alpha value is -3.50. The minimum atomic E-state index is -0.599. The summed E-state index contributed by atoms with van der Waals surface area (Å²) in [5, 5.41) is 1.63. The van der Waals surface area contributed by atoms with Crippen molar-refractivity contribution in [2.75, 3.05) is 23.9 Å². The number of allylic oxidation sites excluding steroid dienone is 2. The number of likely N-dealkylation sites (N-methyl/N-ethyl adjacent to an activating group) is 2.